The first-order chi connectivity index (χ1) is 17.9. The molecule has 0 aliphatic carbocycles. The van der Waals surface area contributed by atoms with Gasteiger partial charge < -0.3 is 19.1 Å². The number of rotatable bonds is 3. The molecule has 200 valence electrons. The lowest BCUT2D eigenvalue weighted by atomic mass is 9.93. The Labute approximate surface area is 214 Å². The molecule has 1 amide bonds. The van der Waals surface area contributed by atoms with Crippen molar-refractivity contribution in [2.24, 2.45) is 0 Å². The van der Waals surface area contributed by atoms with Crippen molar-refractivity contribution < 1.29 is 27.2 Å². The van der Waals surface area contributed by atoms with Gasteiger partial charge in [-0.1, -0.05) is 17.3 Å². The van der Waals surface area contributed by atoms with Gasteiger partial charge >= 0.3 is 12.3 Å². The first kappa shape index (κ1) is 25.5. The largest absolute Gasteiger partial charge is 0.444 e. The first-order valence-corrected chi connectivity index (χ1v) is 12.0. The number of piperidine rings is 1. The maximum absolute atomic E-state index is 13.1. The number of alkyl halides is 3. The molecular weight excluding hydrogens is 505 g/mol. The van der Waals surface area contributed by atoms with Crippen LogP contribution < -0.4 is 5.56 Å². The van der Waals surface area contributed by atoms with E-state index in [1.54, 1.807) is 9.42 Å². The number of halogens is 3. The van der Waals surface area contributed by atoms with Crippen LogP contribution in [0.25, 0.3) is 28.5 Å². The molecule has 0 radical (unpaired) electrons. The highest BCUT2D eigenvalue weighted by atomic mass is 19.4. The lowest BCUT2D eigenvalue weighted by Crippen LogP contribution is -2.41. The lowest BCUT2D eigenvalue weighted by molar-refractivity contribution is -0.137. The number of hydrogen-bond acceptors (Lipinski definition) is 7. The molecule has 13 heteroatoms. The number of carbonyl (C=O) groups excluding carboxylic acids is 1. The monoisotopic (exact) mass is 530 g/mol. The van der Waals surface area contributed by atoms with E-state index in [9.17, 15) is 22.8 Å². The average Bonchev–Trinajstić information content (AvgIpc) is 3.49. The van der Waals surface area contributed by atoms with E-state index < -0.39 is 17.3 Å². The maximum atomic E-state index is 13.1. The normalized spacial score (nSPS) is 15.3. The van der Waals surface area contributed by atoms with Crippen LogP contribution in [0.4, 0.5) is 18.0 Å². The number of likely N-dealkylation sites (tertiary alicyclic amines) is 1. The van der Waals surface area contributed by atoms with Crippen molar-refractivity contribution in [1.82, 2.24) is 29.6 Å². The van der Waals surface area contributed by atoms with Crippen LogP contribution in [-0.2, 0) is 10.9 Å². The molecule has 1 aromatic carbocycles. The third-order valence-corrected chi connectivity index (χ3v) is 6.20. The van der Waals surface area contributed by atoms with Crippen molar-refractivity contribution in [2.45, 2.75) is 51.3 Å². The van der Waals surface area contributed by atoms with E-state index in [-0.39, 0.29) is 34.8 Å². The second-order valence-corrected chi connectivity index (χ2v) is 10.1. The Hall–Kier alpha value is -4.16. The van der Waals surface area contributed by atoms with Gasteiger partial charge in [-0.3, -0.25) is 4.79 Å². The lowest BCUT2D eigenvalue weighted by Gasteiger charge is -2.33. The van der Waals surface area contributed by atoms with Crippen molar-refractivity contribution in [3.05, 3.63) is 58.1 Å². The summed E-state index contributed by atoms with van der Waals surface area (Å²) in [4.78, 5) is 33.6. The van der Waals surface area contributed by atoms with Crippen molar-refractivity contribution in [3.8, 4) is 22.8 Å². The summed E-state index contributed by atoms with van der Waals surface area (Å²) in [6.45, 7) is 6.36. The zero-order valence-corrected chi connectivity index (χ0v) is 20.9. The minimum Gasteiger partial charge on any atom is -0.444 e. The van der Waals surface area contributed by atoms with Gasteiger partial charge in [0.25, 0.3) is 11.4 Å². The van der Waals surface area contributed by atoms with E-state index in [4.69, 9.17) is 9.26 Å². The minimum absolute atomic E-state index is 0.0000400. The number of aromatic amines is 1. The van der Waals surface area contributed by atoms with Crippen LogP contribution in [0.1, 0.15) is 50.8 Å². The Morgan fingerprint density at radius 2 is 1.89 bits per heavy atom. The highest BCUT2D eigenvalue weighted by molar-refractivity contribution is 5.72. The number of amides is 1. The number of ether oxygens (including phenoxy) is 1. The molecule has 4 aromatic rings. The van der Waals surface area contributed by atoms with Gasteiger partial charge in [0.2, 0.25) is 5.82 Å². The van der Waals surface area contributed by atoms with Gasteiger partial charge in [-0.05, 0) is 45.7 Å². The molecule has 1 aliphatic heterocycles. The molecule has 0 atom stereocenters. The van der Waals surface area contributed by atoms with Gasteiger partial charge in [0.05, 0.1) is 17.5 Å². The van der Waals surface area contributed by atoms with E-state index in [2.05, 4.69) is 20.2 Å². The number of aromatic nitrogens is 5. The maximum Gasteiger partial charge on any atom is 0.416 e. The molecule has 0 spiro atoms. The highest BCUT2D eigenvalue weighted by Crippen LogP contribution is 2.33. The van der Waals surface area contributed by atoms with Crippen LogP contribution in [0.3, 0.4) is 0 Å². The fourth-order valence-electron chi connectivity index (χ4n) is 4.43. The predicted octanol–water partition coefficient (Wildman–Crippen LogP) is 4.87. The van der Waals surface area contributed by atoms with E-state index in [1.807, 2.05) is 20.8 Å². The Morgan fingerprint density at radius 1 is 1.16 bits per heavy atom. The summed E-state index contributed by atoms with van der Waals surface area (Å²) < 4.78 is 51.7. The number of nitrogens with one attached hydrogen (secondary N) is 1. The second-order valence-electron chi connectivity index (χ2n) is 10.1. The van der Waals surface area contributed by atoms with E-state index >= 15 is 0 Å². The summed E-state index contributed by atoms with van der Waals surface area (Å²) in [7, 11) is 0. The molecule has 0 unspecified atom stereocenters. The molecule has 4 heterocycles. The minimum atomic E-state index is -4.51. The fraction of sp³-hybridized carbons (Fsp3) is 0.400. The summed E-state index contributed by atoms with van der Waals surface area (Å²) in [6, 6.07) is 6.08. The number of nitrogens with zero attached hydrogens (tertiary/aromatic N) is 5. The van der Waals surface area contributed by atoms with Crippen LogP contribution in [0.2, 0.25) is 0 Å². The number of carbonyl (C=O) groups is 1. The molecule has 1 fully saturated rings. The number of benzene rings is 1. The summed E-state index contributed by atoms with van der Waals surface area (Å²) in [6.07, 6.45) is -2.22. The standard InChI is InChI=1S/C25H25F3N6O4/c1-24(2,3)37-23(36)33-9-7-14(8-10-33)18-12-19(35)30-21-17(13-29-34(18)21)22-31-20(32-38-22)15-5-4-6-16(11-15)25(26,27)28/h4-6,11-14H,7-10H2,1-3H3,(H,30,35). The highest BCUT2D eigenvalue weighted by Gasteiger charge is 2.32. The second kappa shape index (κ2) is 9.30. The summed E-state index contributed by atoms with van der Waals surface area (Å²) >= 11 is 0. The van der Waals surface area contributed by atoms with Gasteiger partial charge in [-0.15, -0.1) is 0 Å². The molecule has 0 bridgehead atoms. The average molecular weight is 531 g/mol. The van der Waals surface area contributed by atoms with Crippen LogP contribution in [0.5, 0.6) is 0 Å². The summed E-state index contributed by atoms with van der Waals surface area (Å²) in [5.41, 5.74) is -0.324. The van der Waals surface area contributed by atoms with Crippen molar-refractivity contribution in [1.29, 1.82) is 0 Å². The Morgan fingerprint density at radius 3 is 2.58 bits per heavy atom. The zero-order valence-electron chi connectivity index (χ0n) is 20.9. The van der Waals surface area contributed by atoms with E-state index in [0.29, 0.717) is 42.8 Å². The number of fused-ring (bicyclic) bond motifs is 1. The molecule has 38 heavy (non-hydrogen) atoms. The van der Waals surface area contributed by atoms with Gasteiger partial charge in [0.1, 0.15) is 16.8 Å². The smallest absolute Gasteiger partial charge is 0.416 e. The summed E-state index contributed by atoms with van der Waals surface area (Å²) in [5.74, 6) is -0.0759. The Balaban J connectivity index is 1.41. The molecule has 1 N–H and O–H groups in total. The first-order valence-electron chi connectivity index (χ1n) is 12.0. The predicted molar refractivity (Wildman–Crippen MR) is 129 cm³/mol. The third kappa shape index (κ3) is 5.13. The quantitative estimate of drug-likeness (QED) is 0.401. The zero-order chi connectivity index (χ0) is 27.2. The van der Waals surface area contributed by atoms with Crippen molar-refractivity contribution in [2.75, 3.05) is 13.1 Å². The van der Waals surface area contributed by atoms with Crippen LogP contribution in [0.15, 0.2) is 45.8 Å². The fourth-order valence-corrected chi connectivity index (χ4v) is 4.43. The van der Waals surface area contributed by atoms with E-state index in [0.717, 1.165) is 12.1 Å². The van der Waals surface area contributed by atoms with Gasteiger partial charge in [0.15, 0.2) is 0 Å². The number of hydrogen-bond donors (Lipinski definition) is 1. The Bertz CT molecular complexity index is 1540. The molecule has 5 rings (SSSR count). The van der Waals surface area contributed by atoms with Gasteiger partial charge in [-0.25, -0.2) is 9.31 Å². The van der Waals surface area contributed by atoms with Crippen molar-refractivity contribution >= 4 is 11.7 Å². The molecule has 1 aliphatic rings. The van der Waals surface area contributed by atoms with Crippen LogP contribution in [-0.4, -0.2) is 54.4 Å². The topological polar surface area (TPSA) is 119 Å². The van der Waals surface area contributed by atoms with Gasteiger partial charge in [-0.2, -0.15) is 23.3 Å². The van der Waals surface area contributed by atoms with Gasteiger partial charge in [0, 0.05) is 30.6 Å². The van der Waals surface area contributed by atoms with Crippen LogP contribution in [0, 0.1) is 0 Å². The summed E-state index contributed by atoms with van der Waals surface area (Å²) in [5, 5.41) is 8.23. The molecular formula is C25H25F3N6O4. The SMILES string of the molecule is CC(C)(C)OC(=O)N1CCC(c2cc(=O)[nH]c3c(-c4nc(-c5cccc(C(F)(F)F)c5)no4)cnn23)CC1. The van der Waals surface area contributed by atoms with Crippen molar-refractivity contribution in [3.63, 3.8) is 0 Å². The molecule has 3 aromatic heterocycles. The Kier molecular flexibility index (Phi) is 6.24. The van der Waals surface area contributed by atoms with E-state index in [1.165, 1.54) is 24.4 Å². The third-order valence-electron chi connectivity index (χ3n) is 6.20. The molecule has 0 saturated carbocycles. The molecule has 10 nitrogen and oxygen atoms in total. The molecule has 1 saturated heterocycles. The number of H-pyrrole nitrogens is 1. The van der Waals surface area contributed by atoms with Crippen LogP contribution >= 0.6 is 0 Å².